The van der Waals surface area contributed by atoms with E-state index in [4.69, 9.17) is 21.1 Å². The highest BCUT2D eigenvalue weighted by Gasteiger charge is 2.14. The largest absolute Gasteiger partial charge is 0.484 e. The number of morpholine rings is 1. The Labute approximate surface area is 133 Å². The number of hydrazine groups is 1. The number of amides is 2. The van der Waals surface area contributed by atoms with Crippen LogP contribution in [-0.4, -0.2) is 56.2 Å². The second kappa shape index (κ2) is 8.57. The van der Waals surface area contributed by atoms with Crippen LogP contribution in [0.1, 0.15) is 0 Å². The summed E-state index contributed by atoms with van der Waals surface area (Å²) < 4.78 is 10.4. The molecule has 0 aromatic heterocycles. The first kappa shape index (κ1) is 16.5. The lowest BCUT2D eigenvalue weighted by Gasteiger charge is -2.25. The van der Waals surface area contributed by atoms with Gasteiger partial charge in [0.25, 0.3) is 11.8 Å². The van der Waals surface area contributed by atoms with Gasteiger partial charge in [0, 0.05) is 18.1 Å². The van der Waals surface area contributed by atoms with Crippen LogP contribution in [0, 0.1) is 0 Å². The number of nitrogens with one attached hydrogen (secondary N) is 2. The second-order valence-electron chi connectivity index (χ2n) is 4.73. The third kappa shape index (κ3) is 5.88. The highest BCUT2D eigenvalue weighted by Crippen LogP contribution is 2.15. The van der Waals surface area contributed by atoms with Gasteiger partial charge in [0.2, 0.25) is 0 Å². The van der Waals surface area contributed by atoms with Crippen LogP contribution in [-0.2, 0) is 14.3 Å². The minimum absolute atomic E-state index is 0.195. The molecule has 7 nitrogen and oxygen atoms in total. The number of benzene rings is 1. The first-order chi connectivity index (χ1) is 10.6. The maximum atomic E-state index is 11.7. The van der Waals surface area contributed by atoms with E-state index >= 15 is 0 Å². The molecular formula is C14H18ClN3O4. The van der Waals surface area contributed by atoms with Gasteiger partial charge in [-0.1, -0.05) is 11.6 Å². The third-order valence-corrected chi connectivity index (χ3v) is 3.25. The van der Waals surface area contributed by atoms with Gasteiger partial charge in [-0.05, 0) is 24.3 Å². The minimum Gasteiger partial charge on any atom is -0.484 e. The third-order valence-electron chi connectivity index (χ3n) is 3.00. The van der Waals surface area contributed by atoms with Crippen LogP contribution in [0.2, 0.25) is 5.02 Å². The van der Waals surface area contributed by atoms with Gasteiger partial charge >= 0.3 is 0 Å². The number of rotatable bonds is 5. The van der Waals surface area contributed by atoms with E-state index in [1.807, 2.05) is 4.90 Å². The van der Waals surface area contributed by atoms with E-state index in [9.17, 15) is 9.59 Å². The zero-order valence-corrected chi connectivity index (χ0v) is 12.8. The number of hydrogen-bond donors (Lipinski definition) is 2. The quantitative estimate of drug-likeness (QED) is 0.755. The maximum absolute atomic E-state index is 11.7. The van der Waals surface area contributed by atoms with Gasteiger partial charge in [0.1, 0.15) is 5.75 Å². The Morgan fingerprint density at radius 2 is 1.77 bits per heavy atom. The second-order valence-corrected chi connectivity index (χ2v) is 5.16. The van der Waals surface area contributed by atoms with Crippen molar-refractivity contribution in [2.75, 3.05) is 39.5 Å². The smallest absolute Gasteiger partial charge is 0.276 e. The summed E-state index contributed by atoms with van der Waals surface area (Å²) in [6.45, 7) is 2.69. The Morgan fingerprint density at radius 3 is 2.45 bits per heavy atom. The maximum Gasteiger partial charge on any atom is 0.276 e. The summed E-state index contributed by atoms with van der Waals surface area (Å²) in [5, 5.41) is 0.590. The van der Waals surface area contributed by atoms with E-state index in [1.165, 1.54) is 0 Å². The Bertz CT molecular complexity index is 503. The number of ether oxygens (including phenoxy) is 2. The summed E-state index contributed by atoms with van der Waals surface area (Å²) in [6, 6.07) is 6.65. The average Bonchev–Trinajstić information content (AvgIpc) is 2.53. The summed E-state index contributed by atoms with van der Waals surface area (Å²) in [7, 11) is 0. The van der Waals surface area contributed by atoms with Crippen molar-refractivity contribution in [3.8, 4) is 5.75 Å². The van der Waals surface area contributed by atoms with Gasteiger partial charge in [-0.25, -0.2) is 0 Å². The van der Waals surface area contributed by atoms with Crippen molar-refractivity contribution in [3.63, 3.8) is 0 Å². The van der Waals surface area contributed by atoms with E-state index in [0.29, 0.717) is 37.1 Å². The van der Waals surface area contributed by atoms with Crippen LogP contribution in [0.15, 0.2) is 24.3 Å². The van der Waals surface area contributed by atoms with Crippen molar-refractivity contribution in [2.24, 2.45) is 0 Å². The molecule has 120 valence electrons. The lowest BCUT2D eigenvalue weighted by atomic mass is 10.3. The Morgan fingerprint density at radius 1 is 1.14 bits per heavy atom. The van der Waals surface area contributed by atoms with Crippen molar-refractivity contribution in [2.45, 2.75) is 0 Å². The van der Waals surface area contributed by atoms with Crippen LogP contribution >= 0.6 is 11.6 Å². The molecular weight excluding hydrogens is 310 g/mol. The number of carbonyl (C=O) groups excluding carboxylic acids is 2. The van der Waals surface area contributed by atoms with Gasteiger partial charge in [-0.15, -0.1) is 0 Å². The molecule has 1 fully saturated rings. The van der Waals surface area contributed by atoms with Crippen LogP contribution in [0.25, 0.3) is 0 Å². The molecule has 0 bridgehead atoms. The van der Waals surface area contributed by atoms with E-state index in [0.717, 1.165) is 0 Å². The van der Waals surface area contributed by atoms with Crippen LogP contribution < -0.4 is 15.6 Å². The molecule has 1 saturated heterocycles. The summed E-state index contributed by atoms with van der Waals surface area (Å²) in [5.74, 6) is -0.189. The topological polar surface area (TPSA) is 79.9 Å². The number of halogens is 1. The van der Waals surface area contributed by atoms with E-state index < -0.39 is 5.91 Å². The van der Waals surface area contributed by atoms with Crippen molar-refractivity contribution in [1.82, 2.24) is 15.8 Å². The molecule has 1 aromatic carbocycles. The normalized spacial score (nSPS) is 15.1. The van der Waals surface area contributed by atoms with Crippen molar-refractivity contribution >= 4 is 23.4 Å². The predicted octanol–water partition coefficient (Wildman–Crippen LogP) is 0.198. The van der Waals surface area contributed by atoms with Crippen LogP contribution in [0.4, 0.5) is 0 Å². The molecule has 8 heteroatoms. The van der Waals surface area contributed by atoms with Gasteiger partial charge in [-0.2, -0.15) is 0 Å². The lowest BCUT2D eigenvalue weighted by Crippen LogP contribution is -2.49. The molecule has 2 N–H and O–H groups in total. The molecule has 0 atom stereocenters. The van der Waals surface area contributed by atoms with Crippen molar-refractivity contribution in [3.05, 3.63) is 29.3 Å². The molecule has 2 amide bonds. The highest BCUT2D eigenvalue weighted by molar-refractivity contribution is 6.30. The zero-order chi connectivity index (χ0) is 15.8. The van der Waals surface area contributed by atoms with Gasteiger partial charge in [-0.3, -0.25) is 25.3 Å². The summed E-state index contributed by atoms with van der Waals surface area (Å²) >= 11 is 5.74. The minimum atomic E-state index is -0.440. The van der Waals surface area contributed by atoms with Crippen LogP contribution in [0.3, 0.4) is 0 Å². The van der Waals surface area contributed by atoms with Gasteiger partial charge in [0.05, 0.1) is 19.8 Å². The fourth-order valence-corrected chi connectivity index (χ4v) is 1.98. The summed E-state index contributed by atoms with van der Waals surface area (Å²) in [6.07, 6.45) is 0. The number of carbonyl (C=O) groups is 2. The Hall–Kier alpha value is -1.83. The Balaban J connectivity index is 1.62. The van der Waals surface area contributed by atoms with Crippen molar-refractivity contribution in [1.29, 1.82) is 0 Å². The first-order valence-corrected chi connectivity index (χ1v) is 7.27. The lowest BCUT2D eigenvalue weighted by molar-refractivity contribution is -0.131. The number of nitrogens with zero attached hydrogens (tertiary/aromatic N) is 1. The standard InChI is InChI=1S/C14H18ClN3O4/c15-11-1-3-12(4-2-11)22-10-14(20)17-16-13(19)9-18-5-7-21-8-6-18/h1-4H,5-10H2,(H,16,19)(H,17,20). The van der Waals surface area contributed by atoms with Gasteiger partial charge in [0.15, 0.2) is 6.61 Å². The molecule has 1 aliphatic rings. The summed E-state index contributed by atoms with van der Waals surface area (Å²) in [4.78, 5) is 25.2. The van der Waals surface area contributed by atoms with E-state index in [1.54, 1.807) is 24.3 Å². The van der Waals surface area contributed by atoms with E-state index in [2.05, 4.69) is 10.9 Å². The molecule has 1 aliphatic heterocycles. The first-order valence-electron chi connectivity index (χ1n) is 6.89. The average molecular weight is 328 g/mol. The fraction of sp³-hybridized carbons (Fsp3) is 0.429. The molecule has 0 spiro atoms. The molecule has 1 heterocycles. The van der Waals surface area contributed by atoms with E-state index in [-0.39, 0.29) is 19.1 Å². The SMILES string of the molecule is O=C(COc1ccc(Cl)cc1)NNC(=O)CN1CCOCC1. The molecule has 0 radical (unpaired) electrons. The zero-order valence-electron chi connectivity index (χ0n) is 12.0. The molecule has 0 saturated carbocycles. The monoisotopic (exact) mass is 327 g/mol. The number of hydrogen-bond acceptors (Lipinski definition) is 5. The molecule has 0 unspecified atom stereocenters. The van der Waals surface area contributed by atoms with Crippen LogP contribution in [0.5, 0.6) is 5.75 Å². The fourth-order valence-electron chi connectivity index (χ4n) is 1.86. The molecule has 22 heavy (non-hydrogen) atoms. The predicted molar refractivity (Wildman–Crippen MR) is 80.5 cm³/mol. The highest BCUT2D eigenvalue weighted by atomic mass is 35.5. The molecule has 1 aromatic rings. The molecule has 0 aliphatic carbocycles. The van der Waals surface area contributed by atoms with Gasteiger partial charge < -0.3 is 9.47 Å². The Kier molecular flexibility index (Phi) is 6.45. The molecule has 2 rings (SSSR count). The van der Waals surface area contributed by atoms with Crippen molar-refractivity contribution < 1.29 is 19.1 Å². The summed E-state index contributed by atoms with van der Waals surface area (Å²) in [5.41, 5.74) is 4.66.